The molecule has 3 aromatic rings. The number of benzene rings is 1. The maximum absolute atomic E-state index is 11.6. The van der Waals surface area contributed by atoms with Crippen LogP contribution in [0.1, 0.15) is 29.4 Å². The summed E-state index contributed by atoms with van der Waals surface area (Å²) in [6.07, 6.45) is 3.60. The van der Waals surface area contributed by atoms with Gasteiger partial charge >= 0.3 is 6.03 Å². The number of carbonyl (C=O) groups excluding carboxylic acids is 1. The van der Waals surface area contributed by atoms with E-state index >= 15 is 0 Å². The fraction of sp³-hybridized carbons (Fsp3) is 0.300. The molecule has 3 N–H and O–H groups in total. The minimum Gasteiger partial charge on any atom is -0.506 e. The number of hydrogen-bond donors (Lipinski definition) is 3. The Labute approximate surface area is 152 Å². The van der Waals surface area contributed by atoms with Crippen LogP contribution in [-0.2, 0) is 12.8 Å². The number of hydrogen-bond acceptors (Lipinski definition) is 3. The molecule has 0 saturated carbocycles. The summed E-state index contributed by atoms with van der Waals surface area (Å²) in [6, 6.07) is 9.15. The minimum atomic E-state index is -0.328. The number of amides is 2. The molecule has 2 aromatic heterocycles. The first kappa shape index (κ1) is 17.8. The van der Waals surface area contributed by atoms with Crippen molar-refractivity contribution in [2.24, 2.45) is 0 Å². The lowest BCUT2D eigenvalue weighted by atomic mass is 10.1. The number of pyridine rings is 1. The van der Waals surface area contributed by atoms with E-state index < -0.39 is 0 Å². The second kappa shape index (κ2) is 7.47. The zero-order chi connectivity index (χ0) is 18.7. The van der Waals surface area contributed by atoms with E-state index in [2.05, 4.69) is 41.0 Å². The third-order valence-corrected chi connectivity index (χ3v) is 4.42. The Hall–Kier alpha value is -3.02. The molecule has 0 spiro atoms. The third kappa shape index (κ3) is 3.79. The first-order valence-corrected chi connectivity index (χ1v) is 8.79. The SMILES string of the molecule is CCNC(=O)Nc1ccc(CCc2nc3cc(C)ccn3c2C)cc1O. The second-order valence-corrected chi connectivity index (χ2v) is 6.41. The first-order chi connectivity index (χ1) is 12.5. The lowest BCUT2D eigenvalue weighted by Gasteiger charge is -2.09. The molecule has 0 radical (unpaired) electrons. The molecule has 2 amide bonds. The molecule has 136 valence electrons. The number of urea groups is 1. The number of fused-ring (bicyclic) bond motifs is 1. The van der Waals surface area contributed by atoms with E-state index in [1.54, 1.807) is 12.1 Å². The molecular weight excluding hydrogens is 328 g/mol. The highest BCUT2D eigenvalue weighted by Gasteiger charge is 2.10. The fourth-order valence-electron chi connectivity index (χ4n) is 2.98. The van der Waals surface area contributed by atoms with Crippen LogP contribution in [0.2, 0.25) is 0 Å². The van der Waals surface area contributed by atoms with E-state index in [1.165, 1.54) is 5.56 Å². The van der Waals surface area contributed by atoms with Crippen molar-refractivity contribution in [3.8, 4) is 5.75 Å². The Balaban J connectivity index is 1.71. The predicted molar refractivity (Wildman–Crippen MR) is 103 cm³/mol. The summed E-state index contributed by atoms with van der Waals surface area (Å²) in [4.78, 5) is 16.3. The predicted octanol–water partition coefficient (Wildman–Crippen LogP) is 3.58. The van der Waals surface area contributed by atoms with Gasteiger partial charge in [-0.3, -0.25) is 0 Å². The Bertz CT molecular complexity index is 946. The highest BCUT2D eigenvalue weighted by atomic mass is 16.3. The van der Waals surface area contributed by atoms with Crippen LogP contribution in [0.3, 0.4) is 0 Å². The standard InChI is InChI=1S/C20H24N4O2/c1-4-21-20(26)23-17-8-6-15(12-18(17)25)5-7-16-14(3)24-10-9-13(2)11-19(24)22-16/h6,8-12,25H,4-5,7H2,1-3H3,(H2,21,23,26). The van der Waals surface area contributed by atoms with E-state index in [0.29, 0.717) is 12.2 Å². The summed E-state index contributed by atoms with van der Waals surface area (Å²) in [5.41, 5.74) is 5.74. The smallest absolute Gasteiger partial charge is 0.319 e. The second-order valence-electron chi connectivity index (χ2n) is 6.41. The number of phenolic OH excluding ortho intramolecular Hbond substituents is 1. The van der Waals surface area contributed by atoms with Gasteiger partial charge in [-0.25, -0.2) is 9.78 Å². The molecule has 0 atom stereocenters. The number of rotatable bonds is 5. The Morgan fingerprint density at radius 3 is 2.73 bits per heavy atom. The van der Waals surface area contributed by atoms with Crippen LogP contribution < -0.4 is 10.6 Å². The van der Waals surface area contributed by atoms with Crippen molar-refractivity contribution >= 4 is 17.4 Å². The number of imidazole rings is 1. The van der Waals surface area contributed by atoms with Crippen LogP contribution in [0.25, 0.3) is 5.65 Å². The van der Waals surface area contributed by atoms with Crippen LogP contribution in [-0.4, -0.2) is 27.1 Å². The number of aromatic nitrogens is 2. The highest BCUT2D eigenvalue weighted by molar-refractivity contribution is 5.90. The number of aromatic hydroxyl groups is 1. The first-order valence-electron chi connectivity index (χ1n) is 8.79. The monoisotopic (exact) mass is 352 g/mol. The van der Waals surface area contributed by atoms with Gasteiger partial charge in [-0.1, -0.05) is 6.07 Å². The Morgan fingerprint density at radius 1 is 1.19 bits per heavy atom. The van der Waals surface area contributed by atoms with Gasteiger partial charge in [0.15, 0.2) is 0 Å². The number of nitrogens with one attached hydrogen (secondary N) is 2. The number of carbonyl (C=O) groups is 1. The number of nitrogens with zero attached hydrogens (tertiary/aromatic N) is 2. The van der Waals surface area contributed by atoms with Gasteiger partial charge < -0.3 is 20.1 Å². The molecule has 0 fully saturated rings. The maximum Gasteiger partial charge on any atom is 0.319 e. The molecule has 6 nitrogen and oxygen atoms in total. The summed E-state index contributed by atoms with van der Waals surface area (Å²) in [7, 11) is 0. The van der Waals surface area contributed by atoms with Crippen LogP contribution >= 0.6 is 0 Å². The molecule has 6 heteroatoms. The van der Waals surface area contributed by atoms with Crippen molar-refractivity contribution in [2.45, 2.75) is 33.6 Å². The molecule has 2 heterocycles. The molecule has 0 bridgehead atoms. The van der Waals surface area contributed by atoms with E-state index in [9.17, 15) is 9.90 Å². The molecular formula is C20H24N4O2. The van der Waals surface area contributed by atoms with Crippen molar-refractivity contribution in [3.63, 3.8) is 0 Å². The van der Waals surface area contributed by atoms with Gasteiger partial charge in [0.1, 0.15) is 11.4 Å². The van der Waals surface area contributed by atoms with Crippen LogP contribution in [0, 0.1) is 13.8 Å². The van der Waals surface area contributed by atoms with Crippen molar-refractivity contribution < 1.29 is 9.90 Å². The van der Waals surface area contributed by atoms with Gasteiger partial charge in [-0.05, 0) is 69.0 Å². The largest absolute Gasteiger partial charge is 0.506 e. The van der Waals surface area contributed by atoms with Crippen LogP contribution in [0.5, 0.6) is 5.75 Å². The molecule has 0 aliphatic carbocycles. The zero-order valence-corrected chi connectivity index (χ0v) is 15.3. The minimum absolute atomic E-state index is 0.0658. The van der Waals surface area contributed by atoms with Crippen LogP contribution in [0.4, 0.5) is 10.5 Å². The molecule has 3 rings (SSSR count). The van der Waals surface area contributed by atoms with Crippen LogP contribution in [0.15, 0.2) is 36.5 Å². The van der Waals surface area contributed by atoms with Gasteiger partial charge in [-0.2, -0.15) is 0 Å². The average molecular weight is 352 g/mol. The molecule has 0 unspecified atom stereocenters. The van der Waals surface area contributed by atoms with E-state index in [-0.39, 0.29) is 11.8 Å². The Kier molecular flexibility index (Phi) is 5.11. The van der Waals surface area contributed by atoms with E-state index in [4.69, 9.17) is 4.98 Å². The van der Waals surface area contributed by atoms with Gasteiger partial charge in [-0.15, -0.1) is 0 Å². The third-order valence-electron chi connectivity index (χ3n) is 4.42. The molecule has 1 aromatic carbocycles. The van der Waals surface area contributed by atoms with Gasteiger partial charge in [0.05, 0.1) is 11.4 Å². The summed E-state index contributed by atoms with van der Waals surface area (Å²) < 4.78 is 2.10. The van der Waals surface area contributed by atoms with Crippen molar-refractivity contribution in [1.82, 2.24) is 14.7 Å². The van der Waals surface area contributed by atoms with Gasteiger partial charge in [0.2, 0.25) is 0 Å². The molecule has 0 aliphatic heterocycles. The quantitative estimate of drug-likeness (QED) is 0.614. The number of phenols is 1. The van der Waals surface area contributed by atoms with Gasteiger partial charge in [0.25, 0.3) is 0 Å². The zero-order valence-electron chi connectivity index (χ0n) is 15.3. The molecule has 0 aliphatic rings. The lowest BCUT2D eigenvalue weighted by molar-refractivity contribution is 0.252. The normalized spacial score (nSPS) is 10.9. The van der Waals surface area contributed by atoms with E-state index in [0.717, 1.165) is 35.4 Å². The highest BCUT2D eigenvalue weighted by Crippen LogP contribution is 2.25. The fourth-order valence-corrected chi connectivity index (χ4v) is 2.98. The van der Waals surface area contributed by atoms with Crippen molar-refractivity contribution in [1.29, 1.82) is 0 Å². The topological polar surface area (TPSA) is 78.7 Å². The summed E-state index contributed by atoms with van der Waals surface area (Å²) in [5, 5.41) is 15.4. The number of aryl methyl sites for hydroxylation is 4. The summed E-state index contributed by atoms with van der Waals surface area (Å²) in [6.45, 7) is 6.50. The Morgan fingerprint density at radius 2 is 2.00 bits per heavy atom. The summed E-state index contributed by atoms with van der Waals surface area (Å²) in [5.74, 6) is 0.0658. The van der Waals surface area contributed by atoms with E-state index in [1.807, 2.05) is 19.2 Å². The molecule has 26 heavy (non-hydrogen) atoms. The lowest BCUT2D eigenvalue weighted by Crippen LogP contribution is -2.28. The van der Waals surface area contributed by atoms with Gasteiger partial charge in [0, 0.05) is 18.4 Å². The van der Waals surface area contributed by atoms with Crippen molar-refractivity contribution in [3.05, 3.63) is 59.0 Å². The average Bonchev–Trinajstić information content (AvgIpc) is 2.90. The molecule has 0 saturated heterocycles. The number of anilines is 1. The maximum atomic E-state index is 11.6. The summed E-state index contributed by atoms with van der Waals surface area (Å²) >= 11 is 0. The van der Waals surface area contributed by atoms with Crippen molar-refractivity contribution in [2.75, 3.05) is 11.9 Å².